The van der Waals surface area contributed by atoms with Crippen molar-refractivity contribution in [2.75, 3.05) is 27.2 Å². The Morgan fingerprint density at radius 1 is 1.22 bits per heavy atom. The summed E-state index contributed by atoms with van der Waals surface area (Å²) in [5, 5.41) is 0. The first-order chi connectivity index (χ1) is 8.52. The molecule has 0 spiro atoms. The van der Waals surface area contributed by atoms with Gasteiger partial charge in [0.25, 0.3) is 0 Å². The van der Waals surface area contributed by atoms with Gasteiger partial charge in [-0.3, -0.25) is 9.69 Å². The number of amides is 1. The highest BCUT2D eigenvalue weighted by Gasteiger charge is 2.11. The summed E-state index contributed by atoms with van der Waals surface area (Å²) in [5.74, 6) is 0.161. The maximum absolute atomic E-state index is 11.8. The average molecular weight is 360 g/mol. The van der Waals surface area contributed by atoms with Gasteiger partial charge < -0.3 is 4.90 Å². The number of hydrogen-bond acceptors (Lipinski definition) is 2. The number of carbonyl (C=O) groups is 1. The number of carbonyl (C=O) groups excluding carboxylic acids is 1. The molecule has 0 bridgehead atoms. The van der Waals surface area contributed by atoms with E-state index in [-0.39, 0.29) is 5.91 Å². The minimum Gasteiger partial charge on any atom is -0.348 e. The monoisotopic (exact) mass is 360 g/mol. The van der Waals surface area contributed by atoms with Crippen LogP contribution in [0.1, 0.15) is 18.9 Å². The Morgan fingerprint density at radius 3 is 2.33 bits per heavy atom. The summed E-state index contributed by atoms with van der Waals surface area (Å²) in [5.41, 5.74) is 1.26. The SMILES string of the molecule is CCCN(CC(=O)N(C)C)Cc1ccc(I)cc1. The predicted octanol–water partition coefficient (Wildman–Crippen LogP) is 2.59. The Hall–Kier alpha value is -0.620. The lowest BCUT2D eigenvalue weighted by molar-refractivity contribution is -0.130. The van der Waals surface area contributed by atoms with Gasteiger partial charge >= 0.3 is 0 Å². The van der Waals surface area contributed by atoms with Crippen molar-refractivity contribution in [3.63, 3.8) is 0 Å². The maximum atomic E-state index is 11.8. The molecule has 1 rings (SSSR count). The lowest BCUT2D eigenvalue weighted by Crippen LogP contribution is -2.36. The fourth-order valence-electron chi connectivity index (χ4n) is 1.71. The van der Waals surface area contributed by atoms with E-state index in [1.807, 2.05) is 0 Å². The second kappa shape index (κ2) is 7.74. The number of halogens is 1. The molecule has 1 aromatic rings. The third-order valence-corrected chi connectivity index (χ3v) is 3.44. The van der Waals surface area contributed by atoms with Crippen LogP contribution in [-0.2, 0) is 11.3 Å². The number of hydrogen-bond donors (Lipinski definition) is 0. The van der Waals surface area contributed by atoms with Crippen molar-refractivity contribution < 1.29 is 4.79 Å². The summed E-state index contributed by atoms with van der Waals surface area (Å²) in [7, 11) is 3.61. The Kier molecular flexibility index (Phi) is 6.63. The third-order valence-electron chi connectivity index (χ3n) is 2.72. The molecule has 4 heteroatoms. The van der Waals surface area contributed by atoms with Crippen LogP contribution in [0.2, 0.25) is 0 Å². The van der Waals surface area contributed by atoms with Crippen molar-refractivity contribution in [3.05, 3.63) is 33.4 Å². The van der Waals surface area contributed by atoms with Crippen LogP contribution in [0, 0.1) is 3.57 Å². The Labute approximate surface area is 123 Å². The second-order valence-corrected chi connectivity index (χ2v) is 5.87. The van der Waals surface area contributed by atoms with Crippen LogP contribution < -0.4 is 0 Å². The van der Waals surface area contributed by atoms with Crippen LogP contribution in [0.4, 0.5) is 0 Å². The highest BCUT2D eigenvalue weighted by molar-refractivity contribution is 14.1. The summed E-state index contributed by atoms with van der Waals surface area (Å²) in [6.07, 6.45) is 1.06. The zero-order chi connectivity index (χ0) is 13.5. The first-order valence-corrected chi connectivity index (χ1v) is 7.27. The molecule has 0 aliphatic carbocycles. The summed E-state index contributed by atoms with van der Waals surface area (Å²) < 4.78 is 1.24. The van der Waals surface area contributed by atoms with Crippen molar-refractivity contribution in [2.24, 2.45) is 0 Å². The van der Waals surface area contributed by atoms with Gasteiger partial charge in [0.2, 0.25) is 5.91 Å². The molecule has 100 valence electrons. The van der Waals surface area contributed by atoms with Gasteiger partial charge in [-0.2, -0.15) is 0 Å². The molecule has 0 aliphatic rings. The molecule has 0 fully saturated rings. The van der Waals surface area contributed by atoms with Gasteiger partial charge in [-0.15, -0.1) is 0 Å². The van der Waals surface area contributed by atoms with Crippen LogP contribution in [0.25, 0.3) is 0 Å². The fraction of sp³-hybridized carbons (Fsp3) is 0.500. The van der Waals surface area contributed by atoms with E-state index in [2.05, 4.69) is 58.7 Å². The van der Waals surface area contributed by atoms with Gasteiger partial charge in [-0.05, 0) is 53.3 Å². The predicted molar refractivity (Wildman–Crippen MR) is 83.4 cm³/mol. The Bertz CT molecular complexity index is 376. The number of nitrogens with zero attached hydrogens (tertiary/aromatic N) is 2. The molecule has 18 heavy (non-hydrogen) atoms. The summed E-state index contributed by atoms with van der Waals surface area (Å²) >= 11 is 2.30. The summed E-state index contributed by atoms with van der Waals surface area (Å²) in [6, 6.07) is 8.47. The minimum atomic E-state index is 0.161. The van der Waals surface area contributed by atoms with Crippen molar-refractivity contribution in [1.29, 1.82) is 0 Å². The molecule has 0 saturated heterocycles. The van der Waals surface area contributed by atoms with Crippen LogP contribution >= 0.6 is 22.6 Å². The van der Waals surface area contributed by atoms with Crippen LogP contribution in [-0.4, -0.2) is 42.9 Å². The van der Waals surface area contributed by atoms with E-state index in [9.17, 15) is 4.79 Å². The van der Waals surface area contributed by atoms with Crippen molar-refractivity contribution in [3.8, 4) is 0 Å². The van der Waals surface area contributed by atoms with E-state index in [1.54, 1.807) is 19.0 Å². The number of rotatable bonds is 6. The Balaban J connectivity index is 2.62. The van der Waals surface area contributed by atoms with Crippen molar-refractivity contribution in [2.45, 2.75) is 19.9 Å². The highest BCUT2D eigenvalue weighted by atomic mass is 127. The van der Waals surface area contributed by atoms with Gasteiger partial charge in [0, 0.05) is 24.2 Å². The summed E-state index contributed by atoms with van der Waals surface area (Å²) in [6.45, 7) is 4.42. The second-order valence-electron chi connectivity index (χ2n) is 4.63. The smallest absolute Gasteiger partial charge is 0.236 e. The van der Waals surface area contributed by atoms with E-state index < -0.39 is 0 Å². The molecule has 0 aromatic heterocycles. The zero-order valence-corrected chi connectivity index (χ0v) is 13.5. The van der Waals surface area contributed by atoms with Crippen LogP contribution in [0.3, 0.4) is 0 Å². The average Bonchev–Trinajstić information content (AvgIpc) is 2.32. The van der Waals surface area contributed by atoms with Crippen LogP contribution in [0.15, 0.2) is 24.3 Å². The molecule has 0 N–H and O–H groups in total. The number of benzene rings is 1. The fourth-order valence-corrected chi connectivity index (χ4v) is 2.07. The maximum Gasteiger partial charge on any atom is 0.236 e. The van der Waals surface area contributed by atoms with Gasteiger partial charge in [-0.25, -0.2) is 0 Å². The molecular weight excluding hydrogens is 339 g/mol. The molecule has 0 atom stereocenters. The lowest BCUT2D eigenvalue weighted by atomic mass is 10.2. The van der Waals surface area contributed by atoms with E-state index >= 15 is 0 Å². The topological polar surface area (TPSA) is 23.6 Å². The first kappa shape index (κ1) is 15.4. The van der Waals surface area contributed by atoms with E-state index in [0.29, 0.717) is 6.54 Å². The van der Waals surface area contributed by atoms with Crippen LogP contribution in [0.5, 0.6) is 0 Å². The molecule has 0 radical (unpaired) electrons. The van der Waals surface area contributed by atoms with Gasteiger partial charge in [0.05, 0.1) is 6.54 Å². The Morgan fingerprint density at radius 2 is 1.83 bits per heavy atom. The molecule has 0 saturated carbocycles. The highest BCUT2D eigenvalue weighted by Crippen LogP contribution is 2.09. The standard InChI is InChI=1S/C14H21IN2O/c1-4-9-17(11-14(18)16(2)3)10-12-5-7-13(15)8-6-12/h5-8H,4,9-11H2,1-3H3. The van der Waals surface area contributed by atoms with Gasteiger partial charge in [-0.1, -0.05) is 19.1 Å². The molecule has 0 aliphatic heterocycles. The largest absolute Gasteiger partial charge is 0.348 e. The van der Waals surface area contributed by atoms with Crippen molar-refractivity contribution in [1.82, 2.24) is 9.80 Å². The zero-order valence-electron chi connectivity index (χ0n) is 11.3. The van der Waals surface area contributed by atoms with Gasteiger partial charge in [0.15, 0.2) is 0 Å². The normalized spacial score (nSPS) is 10.7. The molecule has 1 aromatic carbocycles. The minimum absolute atomic E-state index is 0.161. The first-order valence-electron chi connectivity index (χ1n) is 6.20. The van der Waals surface area contributed by atoms with Gasteiger partial charge in [0.1, 0.15) is 0 Å². The van der Waals surface area contributed by atoms with Crippen molar-refractivity contribution >= 4 is 28.5 Å². The molecule has 0 unspecified atom stereocenters. The van der Waals surface area contributed by atoms with E-state index in [1.165, 1.54) is 9.13 Å². The quantitative estimate of drug-likeness (QED) is 0.729. The third kappa shape index (κ3) is 5.35. The van der Waals surface area contributed by atoms with E-state index in [0.717, 1.165) is 19.5 Å². The summed E-state index contributed by atoms with van der Waals surface area (Å²) in [4.78, 5) is 15.6. The number of likely N-dealkylation sites (N-methyl/N-ethyl adjacent to an activating group) is 1. The molecule has 3 nitrogen and oxygen atoms in total. The molecular formula is C14H21IN2O. The molecule has 0 heterocycles. The lowest BCUT2D eigenvalue weighted by Gasteiger charge is -2.23. The molecule has 1 amide bonds. The van der Waals surface area contributed by atoms with E-state index in [4.69, 9.17) is 0 Å².